The van der Waals surface area contributed by atoms with Crippen LogP contribution < -0.4 is 5.32 Å². The lowest BCUT2D eigenvalue weighted by atomic mass is 9.78. The molecule has 0 spiro atoms. The summed E-state index contributed by atoms with van der Waals surface area (Å²) in [6.07, 6.45) is 13.0. The molecule has 3 aromatic rings. The molecule has 37 heavy (non-hydrogen) atoms. The summed E-state index contributed by atoms with van der Waals surface area (Å²) < 4.78 is 5.65. The van der Waals surface area contributed by atoms with Gasteiger partial charge in [0.25, 0.3) is 0 Å². The number of nitrogens with one attached hydrogen (secondary N) is 1. The van der Waals surface area contributed by atoms with E-state index in [1.807, 2.05) is 0 Å². The quantitative estimate of drug-likeness (QED) is 0.330. The lowest BCUT2D eigenvalue weighted by Crippen LogP contribution is -2.19. The summed E-state index contributed by atoms with van der Waals surface area (Å²) in [5.41, 5.74) is 7.49. The van der Waals surface area contributed by atoms with Crippen LogP contribution in [0.2, 0.25) is 0 Å². The number of aromatic nitrogens is 1. The summed E-state index contributed by atoms with van der Waals surface area (Å²) in [4.78, 5) is 5.28. The van der Waals surface area contributed by atoms with Gasteiger partial charge in [-0.25, -0.2) is 4.98 Å². The molecule has 1 aromatic heterocycles. The van der Waals surface area contributed by atoms with Crippen molar-refractivity contribution in [3.05, 3.63) is 129 Å². The number of hydrogen-bond acceptors (Lipinski definition) is 4. The number of rotatable bonds is 8. The van der Waals surface area contributed by atoms with Crippen molar-refractivity contribution in [3.8, 4) is 0 Å². The smallest absolute Gasteiger partial charge is 0.122 e. The van der Waals surface area contributed by atoms with E-state index >= 15 is 0 Å². The van der Waals surface area contributed by atoms with Crippen LogP contribution in [0.1, 0.15) is 78.9 Å². The van der Waals surface area contributed by atoms with Crippen LogP contribution in [-0.2, 0) is 4.74 Å². The first kappa shape index (κ1) is 25.3. The summed E-state index contributed by atoms with van der Waals surface area (Å²) in [6, 6.07) is 17.4. The average Bonchev–Trinajstić information content (AvgIpc) is 3.41. The van der Waals surface area contributed by atoms with Crippen molar-refractivity contribution in [1.29, 1.82) is 0 Å². The number of para-hydroxylation sites is 1. The number of allylic oxidation sites excluding steroid dienone is 7. The van der Waals surface area contributed by atoms with Gasteiger partial charge in [0.1, 0.15) is 16.8 Å². The van der Waals surface area contributed by atoms with Crippen molar-refractivity contribution in [2.45, 2.75) is 51.5 Å². The number of hydrogen-bond donors (Lipinski definition) is 1. The van der Waals surface area contributed by atoms with Gasteiger partial charge in [-0.15, -0.1) is 11.3 Å². The van der Waals surface area contributed by atoms with E-state index < -0.39 is 0 Å². The van der Waals surface area contributed by atoms with Gasteiger partial charge in [0, 0.05) is 28.5 Å². The number of methoxy groups -OCH3 is 1. The zero-order valence-electron chi connectivity index (χ0n) is 22.3. The number of anilines is 1. The maximum absolute atomic E-state index is 5.65. The standard InChI is InChI=1S/C33H36N2OS/c1-21(2)24-16-11-17-25(22(3)4)32(24)35-31(23-12-7-6-8-13-23)33-34-29(20-37-33)27-18-19-30(36-5)28-15-10-9-14-26(27)28/h6-22,26-27,31,35H,1-5H3. The van der Waals surface area contributed by atoms with E-state index in [0.717, 1.165) is 16.5 Å². The molecule has 2 aromatic carbocycles. The van der Waals surface area contributed by atoms with E-state index in [1.165, 1.54) is 28.0 Å². The van der Waals surface area contributed by atoms with Gasteiger partial charge in [-0.3, -0.25) is 0 Å². The third-order valence-electron chi connectivity index (χ3n) is 7.33. The minimum absolute atomic E-state index is 0.0312. The summed E-state index contributed by atoms with van der Waals surface area (Å²) in [7, 11) is 1.74. The minimum atomic E-state index is -0.0312. The van der Waals surface area contributed by atoms with E-state index in [1.54, 1.807) is 18.4 Å². The second kappa shape index (κ2) is 10.9. The summed E-state index contributed by atoms with van der Waals surface area (Å²) >= 11 is 1.74. The highest BCUT2D eigenvalue weighted by molar-refractivity contribution is 7.09. The number of fused-ring (bicyclic) bond motifs is 1. The van der Waals surface area contributed by atoms with Crippen LogP contribution in [0.4, 0.5) is 5.69 Å². The Kier molecular flexibility index (Phi) is 7.48. The van der Waals surface area contributed by atoms with E-state index in [9.17, 15) is 0 Å². The van der Waals surface area contributed by atoms with Gasteiger partial charge in [0.15, 0.2) is 0 Å². The first-order valence-electron chi connectivity index (χ1n) is 13.2. The molecule has 0 radical (unpaired) electrons. The molecule has 0 bridgehead atoms. The van der Waals surface area contributed by atoms with Gasteiger partial charge in [-0.1, -0.05) is 107 Å². The molecule has 2 aliphatic carbocycles. The lowest BCUT2D eigenvalue weighted by molar-refractivity contribution is 0.296. The Bertz CT molecular complexity index is 1330. The number of benzene rings is 2. The second-order valence-corrected chi connectivity index (χ2v) is 11.3. The highest BCUT2D eigenvalue weighted by Gasteiger charge is 2.31. The Balaban J connectivity index is 1.54. The highest BCUT2D eigenvalue weighted by atomic mass is 32.1. The lowest BCUT2D eigenvalue weighted by Gasteiger charge is -2.28. The molecule has 3 unspecified atom stereocenters. The first-order chi connectivity index (χ1) is 18.0. The van der Waals surface area contributed by atoms with Gasteiger partial charge in [0.2, 0.25) is 0 Å². The fourth-order valence-electron chi connectivity index (χ4n) is 5.37. The number of nitrogens with zero attached hydrogens (tertiary/aromatic N) is 1. The topological polar surface area (TPSA) is 34.1 Å². The van der Waals surface area contributed by atoms with Crippen molar-refractivity contribution in [2.75, 3.05) is 12.4 Å². The van der Waals surface area contributed by atoms with E-state index in [2.05, 4.69) is 123 Å². The van der Waals surface area contributed by atoms with E-state index in [4.69, 9.17) is 9.72 Å². The molecule has 3 nitrogen and oxygen atoms in total. The third kappa shape index (κ3) is 5.08. The predicted octanol–water partition coefficient (Wildman–Crippen LogP) is 8.89. The fourth-order valence-corrected chi connectivity index (χ4v) is 6.31. The first-order valence-corrected chi connectivity index (χ1v) is 14.1. The summed E-state index contributed by atoms with van der Waals surface area (Å²) in [5, 5.41) is 7.30. The Morgan fingerprint density at radius 2 is 1.57 bits per heavy atom. The van der Waals surface area contributed by atoms with Crippen LogP contribution in [0.15, 0.2) is 102 Å². The average molecular weight is 509 g/mol. The Labute approximate surface area is 225 Å². The molecule has 0 saturated heterocycles. The largest absolute Gasteiger partial charge is 0.496 e. The van der Waals surface area contributed by atoms with Gasteiger partial charge >= 0.3 is 0 Å². The fraction of sp³-hybridized carbons (Fsp3) is 0.303. The molecule has 0 fully saturated rings. The van der Waals surface area contributed by atoms with Gasteiger partial charge < -0.3 is 10.1 Å². The number of ether oxygens (including phenoxy) is 1. The molecule has 2 aliphatic rings. The Hall–Kier alpha value is -3.37. The molecule has 1 heterocycles. The van der Waals surface area contributed by atoms with Crippen molar-refractivity contribution < 1.29 is 4.74 Å². The zero-order valence-corrected chi connectivity index (χ0v) is 23.1. The molecule has 4 heteroatoms. The van der Waals surface area contributed by atoms with E-state index in [0.29, 0.717) is 11.8 Å². The minimum Gasteiger partial charge on any atom is -0.496 e. The van der Waals surface area contributed by atoms with Crippen molar-refractivity contribution in [2.24, 2.45) is 5.92 Å². The third-order valence-corrected chi connectivity index (χ3v) is 8.26. The molecule has 0 amide bonds. The highest BCUT2D eigenvalue weighted by Crippen LogP contribution is 2.42. The zero-order chi connectivity index (χ0) is 25.9. The molecule has 190 valence electrons. The van der Waals surface area contributed by atoms with Gasteiger partial charge in [-0.2, -0.15) is 0 Å². The van der Waals surface area contributed by atoms with E-state index in [-0.39, 0.29) is 17.9 Å². The predicted molar refractivity (Wildman–Crippen MR) is 156 cm³/mol. The summed E-state index contributed by atoms with van der Waals surface area (Å²) in [6.45, 7) is 9.07. The SMILES string of the molecule is COC1=C2C=CC=CC2C(c2csc(C(Nc3c(C(C)C)cccc3C(C)C)c3ccccc3)n2)C=C1. The maximum Gasteiger partial charge on any atom is 0.122 e. The van der Waals surface area contributed by atoms with Crippen LogP contribution in [0, 0.1) is 5.92 Å². The summed E-state index contributed by atoms with van der Waals surface area (Å²) in [5.74, 6) is 2.20. The van der Waals surface area contributed by atoms with Gasteiger partial charge in [0.05, 0.1) is 12.8 Å². The van der Waals surface area contributed by atoms with Crippen LogP contribution in [0.3, 0.4) is 0 Å². The monoisotopic (exact) mass is 508 g/mol. The van der Waals surface area contributed by atoms with Gasteiger partial charge in [-0.05, 0) is 34.6 Å². The van der Waals surface area contributed by atoms with Crippen LogP contribution in [0.25, 0.3) is 0 Å². The van der Waals surface area contributed by atoms with Crippen molar-refractivity contribution >= 4 is 17.0 Å². The van der Waals surface area contributed by atoms with Crippen molar-refractivity contribution in [3.63, 3.8) is 0 Å². The molecule has 0 aliphatic heterocycles. The molecule has 5 rings (SSSR count). The second-order valence-electron chi connectivity index (χ2n) is 10.4. The van der Waals surface area contributed by atoms with Crippen LogP contribution >= 0.6 is 11.3 Å². The number of thiazole rings is 1. The molecule has 0 saturated carbocycles. The Morgan fingerprint density at radius 3 is 2.24 bits per heavy atom. The Morgan fingerprint density at radius 1 is 0.838 bits per heavy atom. The van der Waals surface area contributed by atoms with Crippen molar-refractivity contribution in [1.82, 2.24) is 4.98 Å². The maximum atomic E-state index is 5.65. The molecule has 1 N–H and O–H groups in total. The van der Waals surface area contributed by atoms with Crippen LogP contribution in [0.5, 0.6) is 0 Å². The molecular weight excluding hydrogens is 472 g/mol. The molecule has 3 atom stereocenters. The normalized spacial score (nSPS) is 19.4. The van der Waals surface area contributed by atoms with Crippen LogP contribution in [-0.4, -0.2) is 12.1 Å². The molecular formula is C33H36N2OS.